The number of nitriles is 1. The number of carbonyl (C=O) groups excluding carboxylic acids is 1. The fraction of sp³-hybridized carbons (Fsp3) is 0.312. The number of hydrogen-bond acceptors (Lipinski definition) is 5. The standard InChI is InChI=1S/C16H16N4OS/c1-11-7-13(8-18-11)15(21)20(10-17)16-19-9-14(22-16)12-5-3-2-4-6-12/h2-6,9,11,13,18H,7-8H2,1H3. The van der Waals surface area contributed by atoms with Crippen molar-refractivity contribution in [3.8, 4) is 16.6 Å². The Labute approximate surface area is 133 Å². The Morgan fingerprint density at radius 3 is 2.86 bits per heavy atom. The molecule has 0 bridgehead atoms. The first kappa shape index (κ1) is 14.7. The van der Waals surface area contributed by atoms with Crippen LogP contribution < -0.4 is 10.2 Å². The minimum Gasteiger partial charge on any atom is -0.313 e. The quantitative estimate of drug-likeness (QED) is 0.699. The zero-order chi connectivity index (χ0) is 15.5. The molecule has 1 aromatic heterocycles. The summed E-state index contributed by atoms with van der Waals surface area (Å²) in [4.78, 5) is 18.8. The maximum absolute atomic E-state index is 12.5. The summed E-state index contributed by atoms with van der Waals surface area (Å²) in [6.07, 6.45) is 4.45. The zero-order valence-corrected chi connectivity index (χ0v) is 13.0. The molecular weight excluding hydrogens is 296 g/mol. The summed E-state index contributed by atoms with van der Waals surface area (Å²) >= 11 is 1.36. The van der Waals surface area contributed by atoms with E-state index < -0.39 is 0 Å². The van der Waals surface area contributed by atoms with Crippen LogP contribution in [0.1, 0.15) is 13.3 Å². The number of nitrogens with one attached hydrogen (secondary N) is 1. The number of thiazole rings is 1. The summed E-state index contributed by atoms with van der Waals surface area (Å²) in [6, 6.07) is 10.1. The first-order valence-corrected chi connectivity index (χ1v) is 7.99. The predicted molar refractivity (Wildman–Crippen MR) is 86.2 cm³/mol. The lowest BCUT2D eigenvalue weighted by Gasteiger charge is -2.14. The molecule has 112 valence electrons. The van der Waals surface area contributed by atoms with E-state index in [-0.39, 0.29) is 11.8 Å². The topological polar surface area (TPSA) is 69.0 Å². The van der Waals surface area contributed by atoms with Gasteiger partial charge in [-0.1, -0.05) is 41.7 Å². The number of benzene rings is 1. The molecule has 3 rings (SSSR count). The van der Waals surface area contributed by atoms with Crippen LogP contribution in [0.3, 0.4) is 0 Å². The average Bonchev–Trinajstić information content (AvgIpc) is 3.18. The monoisotopic (exact) mass is 312 g/mol. The number of amides is 1. The first-order chi connectivity index (χ1) is 10.7. The molecule has 2 heterocycles. The van der Waals surface area contributed by atoms with Crippen molar-refractivity contribution in [1.82, 2.24) is 10.3 Å². The van der Waals surface area contributed by atoms with Crippen molar-refractivity contribution in [3.05, 3.63) is 36.5 Å². The Morgan fingerprint density at radius 1 is 1.45 bits per heavy atom. The third-order valence-corrected chi connectivity index (χ3v) is 4.80. The normalized spacial score (nSPS) is 20.5. The van der Waals surface area contributed by atoms with Gasteiger partial charge in [-0.05, 0) is 18.9 Å². The van der Waals surface area contributed by atoms with Gasteiger partial charge in [0.15, 0.2) is 6.19 Å². The predicted octanol–water partition coefficient (Wildman–Crippen LogP) is 2.62. The van der Waals surface area contributed by atoms with Gasteiger partial charge in [-0.3, -0.25) is 4.79 Å². The van der Waals surface area contributed by atoms with Crippen LogP contribution in [-0.2, 0) is 4.79 Å². The van der Waals surface area contributed by atoms with Crippen LogP contribution >= 0.6 is 11.3 Å². The number of hydrogen-bond donors (Lipinski definition) is 1. The van der Waals surface area contributed by atoms with Gasteiger partial charge in [0.25, 0.3) is 0 Å². The molecule has 2 unspecified atom stereocenters. The minimum atomic E-state index is -0.173. The molecule has 1 aliphatic heterocycles. The Hall–Kier alpha value is -2.23. The van der Waals surface area contributed by atoms with Gasteiger partial charge in [-0.25, -0.2) is 4.98 Å². The van der Waals surface area contributed by atoms with Gasteiger partial charge in [0.1, 0.15) is 0 Å². The number of anilines is 1. The summed E-state index contributed by atoms with van der Waals surface area (Å²) in [5, 5.41) is 13.0. The Balaban J connectivity index is 1.82. The van der Waals surface area contributed by atoms with Gasteiger partial charge in [0, 0.05) is 18.8 Å². The lowest BCUT2D eigenvalue weighted by Crippen LogP contribution is -2.33. The van der Waals surface area contributed by atoms with Gasteiger partial charge < -0.3 is 5.32 Å². The molecule has 0 aliphatic carbocycles. The third kappa shape index (κ3) is 2.86. The van der Waals surface area contributed by atoms with Gasteiger partial charge in [0.05, 0.1) is 10.8 Å². The van der Waals surface area contributed by atoms with Crippen LogP contribution in [0.5, 0.6) is 0 Å². The molecule has 2 atom stereocenters. The smallest absolute Gasteiger partial charge is 0.246 e. The molecular formula is C16H16N4OS. The summed E-state index contributed by atoms with van der Waals surface area (Å²) in [6.45, 7) is 2.66. The lowest BCUT2D eigenvalue weighted by atomic mass is 10.1. The summed E-state index contributed by atoms with van der Waals surface area (Å²) in [5.41, 5.74) is 1.03. The van der Waals surface area contributed by atoms with Crippen LogP contribution in [-0.4, -0.2) is 23.5 Å². The second-order valence-corrected chi connectivity index (χ2v) is 6.40. The molecule has 1 aliphatic rings. The molecule has 2 aromatic rings. The molecule has 0 radical (unpaired) electrons. The van der Waals surface area contributed by atoms with Crippen molar-refractivity contribution in [2.45, 2.75) is 19.4 Å². The van der Waals surface area contributed by atoms with Gasteiger partial charge >= 0.3 is 0 Å². The van der Waals surface area contributed by atoms with E-state index in [4.69, 9.17) is 0 Å². The van der Waals surface area contributed by atoms with Gasteiger partial charge in [-0.15, -0.1) is 0 Å². The fourth-order valence-electron chi connectivity index (χ4n) is 2.60. The van der Waals surface area contributed by atoms with Crippen molar-refractivity contribution >= 4 is 22.4 Å². The highest BCUT2D eigenvalue weighted by molar-refractivity contribution is 7.19. The largest absolute Gasteiger partial charge is 0.313 e. The van der Waals surface area contributed by atoms with E-state index in [1.807, 2.05) is 43.4 Å². The van der Waals surface area contributed by atoms with Crippen molar-refractivity contribution in [2.75, 3.05) is 11.4 Å². The fourth-order valence-corrected chi connectivity index (χ4v) is 3.48. The van der Waals surface area contributed by atoms with E-state index in [1.54, 1.807) is 6.20 Å². The van der Waals surface area contributed by atoms with E-state index in [2.05, 4.69) is 10.3 Å². The highest BCUT2D eigenvalue weighted by atomic mass is 32.1. The van der Waals surface area contributed by atoms with Crippen molar-refractivity contribution < 1.29 is 4.79 Å². The van der Waals surface area contributed by atoms with Crippen LogP contribution in [0.2, 0.25) is 0 Å². The summed E-state index contributed by atoms with van der Waals surface area (Å²) in [7, 11) is 0. The molecule has 1 amide bonds. The Morgan fingerprint density at radius 2 is 2.23 bits per heavy atom. The highest BCUT2D eigenvalue weighted by Crippen LogP contribution is 2.32. The maximum atomic E-state index is 12.5. The van der Waals surface area contributed by atoms with Crippen LogP contribution in [0.4, 0.5) is 5.13 Å². The second-order valence-electron chi connectivity index (χ2n) is 5.39. The SMILES string of the molecule is CC1CC(C(=O)N(C#N)c2ncc(-c3ccccc3)s2)CN1. The van der Waals surface area contributed by atoms with Crippen molar-refractivity contribution in [2.24, 2.45) is 5.92 Å². The molecule has 1 N–H and O–H groups in total. The van der Waals surface area contributed by atoms with E-state index >= 15 is 0 Å². The summed E-state index contributed by atoms with van der Waals surface area (Å²) in [5.74, 6) is -0.327. The number of nitrogens with zero attached hydrogens (tertiary/aromatic N) is 3. The molecule has 0 spiro atoms. The molecule has 1 aromatic carbocycles. The Kier molecular flexibility index (Phi) is 4.18. The lowest BCUT2D eigenvalue weighted by molar-refractivity contribution is -0.121. The molecule has 1 saturated heterocycles. The Bertz CT molecular complexity index is 706. The maximum Gasteiger partial charge on any atom is 0.246 e. The second kappa shape index (κ2) is 6.26. The molecule has 6 heteroatoms. The van der Waals surface area contributed by atoms with E-state index in [1.165, 1.54) is 11.3 Å². The first-order valence-electron chi connectivity index (χ1n) is 7.17. The summed E-state index contributed by atoms with van der Waals surface area (Å²) < 4.78 is 0. The average molecular weight is 312 g/mol. The minimum absolute atomic E-state index is 0.154. The van der Waals surface area contributed by atoms with Crippen molar-refractivity contribution in [3.63, 3.8) is 0 Å². The van der Waals surface area contributed by atoms with Gasteiger partial charge in [-0.2, -0.15) is 10.2 Å². The number of rotatable bonds is 3. The molecule has 5 nitrogen and oxygen atoms in total. The van der Waals surface area contributed by atoms with Gasteiger partial charge in [0.2, 0.25) is 11.0 Å². The molecule has 1 fully saturated rings. The number of aromatic nitrogens is 1. The van der Waals surface area contributed by atoms with Crippen LogP contribution in [0, 0.1) is 17.4 Å². The van der Waals surface area contributed by atoms with E-state index in [0.717, 1.165) is 21.8 Å². The number of carbonyl (C=O) groups is 1. The zero-order valence-electron chi connectivity index (χ0n) is 12.2. The molecule has 0 saturated carbocycles. The molecule has 22 heavy (non-hydrogen) atoms. The van der Waals surface area contributed by atoms with E-state index in [9.17, 15) is 10.1 Å². The third-order valence-electron chi connectivity index (χ3n) is 3.76. The van der Waals surface area contributed by atoms with E-state index in [0.29, 0.717) is 17.7 Å². The highest BCUT2D eigenvalue weighted by Gasteiger charge is 2.32. The van der Waals surface area contributed by atoms with Crippen LogP contribution in [0.25, 0.3) is 10.4 Å². The van der Waals surface area contributed by atoms with Crippen molar-refractivity contribution in [1.29, 1.82) is 5.26 Å². The van der Waals surface area contributed by atoms with Crippen LogP contribution in [0.15, 0.2) is 36.5 Å².